The third kappa shape index (κ3) is 2.51. The lowest BCUT2D eigenvalue weighted by Gasteiger charge is -2.21. The van der Waals surface area contributed by atoms with Crippen LogP contribution in [0.15, 0.2) is 11.7 Å². The summed E-state index contributed by atoms with van der Waals surface area (Å²) in [6.07, 6.45) is -1.02. The van der Waals surface area contributed by atoms with E-state index >= 15 is 0 Å². The summed E-state index contributed by atoms with van der Waals surface area (Å²) in [6.45, 7) is 0.905. The number of alkyl halides is 1. The Kier molecular flexibility index (Phi) is 4.24. The Balaban J connectivity index is 3.00. The van der Waals surface area contributed by atoms with Crippen LogP contribution in [0.2, 0.25) is 0 Å². The predicted octanol–water partition coefficient (Wildman–Crippen LogP) is 2.81. The highest BCUT2D eigenvalue weighted by Gasteiger charge is 2.47. The Morgan fingerprint density at radius 3 is 2.81 bits per heavy atom. The Morgan fingerprint density at radius 2 is 2.38 bits per heavy atom. The topological polar surface area (TPSA) is 50.1 Å². The van der Waals surface area contributed by atoms with Crippen LogP contribution in [0.3, 0.4) is 0 Å². The van der Waals surface area contributed by atoms with Gasteiger partial charge >= 0.3 is 5.97 Å². The number of carbonyl (C=O) groups is 1. The van der Waals surface area contributed by atoms with Crippen LogP contribution in [0.1, 0.15) is 19.8 Å². The summed E-state index contributed by atoms with van der Waals surface area (Å²) in [4.78, 5) is 10.7. The van der Waals surface area contributed by atoms with Crippen molar-refractivity contribution in [1.82, 2.24) is 0 Å². The summed E-state index contributed by atoms with van der Waals surface area (Å²) in [7, 11) is 0. The average Bonchev–Trinajstić information content (AvgIpc) is 2.53. The minimum Gasteiger partial charge on any atom is -0.464 e. The van der Waals surface area contributed by atoms with Crippen LogP contribution in [0, 0.1) is 16.7 Å². The first-order valence-corrected chi connectivity index (χ1v) is 5.92. The van der Waals surface area contributed by atoms with E-state index in [1.165, 1.54) is 6.92 Å². The summed E-state index contributed by atoms with van der Waals surface area (Å²) in [5.74, 6) is -0.565. The van der Waals surface area contributed by atoms with Crippen LogP contribution in [-0.2, 0) is 9.53 Å². The Hall–Kier alpha value is -0.710. The molecule has 0 amide bonds. The smallest absolute Gasteiger partial charge is 0.302 e. The van der Waals surface area contributed by atoms with Gasteiger partial charge in [-0.15, -0.1) is 0 Å². The molecule has 0 aromatic heterocycles. The van der Waals surface area contributed by atoms with E-state index in [1.54, 1.807) is 0 Å². The minimum absolute atomic E-state index is 0.183. The van der Waals surface area contributed by atoms with Crippen LogP contribution in [0.25, 0.3) is 0 Å². The van der Waals surface area contributed by atoms with E-state index in [0.29, 0.717) is 12.8 Å². The molecule has 16 heavy (non-hydrogen) atoms. The molecule has 0 aliphatic heterocycles. The lowest BCUT2D eigenvalue weighted by molar-refractivity contribution is -0.142. The number of nitrogens with zero attached hydrogens (tertiary/aromatic N) is 1. The molecule has 0 unspecified atom stereocenters. The van der Waals surface area contributed by atoms with Gasteiger partial charge in [0.2, 0.25) is 0 Å². The first-order chi connectivity index (χ1) is 7.43. The SMILES string of the molecule is CC(=O)OC[C@]1(C#N)CC[C@@H](I)C1=C(F)F. The number of rotatable bonds is 2. The number of hydrogen-bond acceptors (Lipinski definition) is 3. The molecule has 0 spiro atoms. The van der Waals surface area contributed by atoms with Gasteiger partial charge in [-0.3, -0.25) is 4.79 Å². The van der Waals surface area contributed by atoms with Crippen molar-refractivity contribution in [2.75, 3.05) is 6.61 Å². The van der Waals surface area contributed by atoms with Gasteiger partial charge in [0, 0.05) is 16.4 Å². The van der Waals surface area contributed by atoms with Gasteiger partial charge in [0.15, 0.2) is 0 Å². The molecular formula is C10H10F2INO2. The number of esters is 1. The van der Waals surface area contributed by atoms with Crippen molar-refractivity contribution in [1.29, 1.82) is 5.26 Å². The molecule has 0 aromatic rings. The lowest BCUT2D eigenvalue weighted by atomic mass is 9.85. The number of halogens is 3. The minimum atomic E-state index is -1.83. The quantitative estimate of drug-likeness (QED) is 0.441. The van der Waals surface area contributed by atoms with Crippen molar-refractivity contribution in [3.05, 3.63) is 11.7 Å². The van der Waals surface area contributed by atoms with Gasteiger partial charge in [-0.05, 0) is 12.8 Å². The molecule has 0 bridgehead atoms. The second kappa shape index (κ2) is 5.08. The van der Waals surface area contributed by atoms with Gasteiger partial charge in [0.05, 0.1) is 6.07 Å². The second-order valence-corrected chi connectivity index (χ2v) is 5.16. The zero-order chi connectivity index (χ0) is 12.3. The van der Waals surface area contributed by atoms with Gasteiger partial charge in [0.25, 0.3) is 6.08 Å². The molecule has 0 saturated heterocycles. The Bertz CT molecular complexity index is 374. The highest BCUT2D eigenvalue weighted by molar-refractivity contribution is 14.1. The molecule has 1 rings (SSSR count). The van der Waals surface area contributed by atoms with E-state index < -0.39 is 17.5 Å². The van der Waals surface area contributed by atoms with Crippen molar-refractivity contribution >= 4 is 28.6 Å². The molecule has 2 atom stereocenters. The zero-order valence-corrected chi connectivity index (χ0v) is 10.8. The molecule has 6 heteroatoms. The fourth-order valence-corrected chi connectivity index (χ4v) is 2.92. The number of nitriles is 1. The van der Waals surface area contributed by atoms with E-state index in [4.69, 9.17) is 10.00 Å². The molecule has 1 fully saturated rings. The number of ether oxygens (including phenoxy) is 1. The van der Waals surface area contributed by atoms with E-state index in [-0.39, 0.29) is 16.1 Å². The number of hydrogen-bond donors (Lipinski definition) is 0. The number of carbonyl (C=O) groups excluding carboxylic acids is 1. The normalized spacial score (nSPS) is 28.7. The van der Waals surface area contributed by atoms with Crippen molar-refractivity contribution in [2.24, 2.45) is 5.41 Å². The molecule has 3 nitrogen and oxygen atoms in total. The zero-order valence-electron chi connectivity index (χ0n) is 8.60. The summed E-state index contributed by atoms with van der Waals surface area (Å²) in [6, 6.07) is 1.87. The summed E-state index contributed by atoms with van der Waals surface area (Å²) in [5.41, 5.74) is -1.52. The van der Waals surface area contributed by atoms with Gasteiger partial charge < -0.3 is 4.74 Å². The van der Waals surface area contributed by atoms with Crippen LogP contribution < -0.4 is 0 Å². The molecule has 0 heterocycles. The fraction of sp³-hybridized carbons (Fsp3) is 0.600. The van der Waals surface area contributed by atoms with Gasteiger partial charge in [-0.2, -0.15) is 14.0 Å². The monoisotopic (exact) mass is 341 g/mol. The Morgan fingerprint density at radius 1 is 1.75 bits per heavy atom. The second-order valence-electron chi connectivity index (χ2n) is 3.65. The molecule has 1 aliphatic carbocycles. The summed E-state index contributed by atoms with van der Waals surface area (Å²) in [5, 5.41) is 9.05. The van der Waals surface area contributed by atoms with Crippen molar-refractivity contribution in [3.63, 3.8) is 0 Å². The highest BCUT2D eigenvalue weighted by atomic mass is 127. The largest absolute Gasteiger partial charge is 0.464 e. The standard InChI is InChI=1S/C10H10F2INO2/c1-6(15)16-5-10(4-14)3-2-7(13)8(10)9(11)12/h7H,2-3,5H2,1H3/t7-,10-/m1/s1. The van der Waals surface area contributed by atoms with Crippen LogP contribution in [-0.4, -0.2) is 16.5 Å². The molecule has 0 aromatic carbocycles. The maximum Gasteiger partial charge on any atom is 0.302 e. The third-order valence-corrected chi connectivity index (χ3v) is 3.84. The molecule has 0 radical (unpaired) electrons. The van der Waals surface area contributed by atoms with Gasteiger partial charge in [0.1, 0.15) is 12.0 Å². The first-order valence-electron chi connectivity index (χ1n) is 4.67. The fourth-order valence-electron chi connectivity index (χ4n) is 1.77. The van der Waals surface area contributed by atoms with Crippen LogP contribution in [0.5, 0.6) is 0 Å². The van der Waals surface area contributed by atoms with Gasteiger partial charge in [-0.1, -0.05) is 22.6 Å². The van der Waals surface area contributed by atoms with Crippen LogP contribution in [0.4, 0.5) is 8.78 Å². The molecule has 0 N–H and O–H groups in total. The van der Waals surface area contributed by atoms with E-state index in [1.807, 2.05) is 28.7 Å². The van der Waals surface area contributed by atoms with E-state index in [0.717, 1.165) is 0 Å². The summed E-state index contributed by atoms with van der Waals surface area (Å²) < 4.78 is 29.9. The van der Waals surface area contributed by atoms with Crippen molar-refractivity contribution < 1.29 is 18.3 Å². The van der Waals surface area contributed by atoms with Crippen molar-refractivity contribution in [2.45, 2.75) is 23.7 Å². The average molecular weight is 341 g/mol. The van der Waals surface area contributed by atoms with E-state index in [9.17, 15) is 13.6 Å². The van der Waals surface area contributed by atoms with Crippen LogP contribution >= 0.6 is 22.6 Å². The molecule has 1 saturated carbocycles. The third-order valence-electron chi connectivity index (χ3n) is 2.59. The predicted molar refractivity (Wildman–Crippen MR) is 61.0 cm³/mol. The lowest BCUT2D eigenvalue weighted by Crippen LogP contribution is -2.26. The molecule has 1 aliphatic rings. The maximum atomic E-state index is 12.8. The van der Waals surface area contributed by atoms with Gasteiger partial charge in [-0.25, -0.2) is 0 Å². The molecule has 88 valence electrons. The highest BCUT2D eigenvalue weighted by Crippen LogP contribution is 2.48. The van der Waals surface area contributed by atoms with Crippen molar-refractivity contribution in [3.8, 4) is 6.07 Å². The molecular weight excluding hydrogens is 331 g/mol. The first kappa shape index (κ1) is 13.4. The maximum absolute atomic E-state index is 12.8. The Labute approximate surface area is 106 Å². The van der Waals surface area contributed by atoms with E-state index in [2.05, 4.69) is 0 Å². The summed E-state index contributed by atoms with van der Waals surface area (Å²) >= 11 is 1.89.